The summed E-state index contributed by atoms with van der Waals surface area (Å²) in [6, 6.07) is 13.1. The van der Waals surface area contributed by atoms with Crippen LogP contribution in [0, 0.1) is 0 Å². The van der Waals surface area contributed by atoms with Gasteiger partial charge in [-0.3, -0.25) is 9.36 Å². The second kappa shape index (κ2) is 8.83. The topological polar surface area (TPSA) is 72.7 Å². The number of halogens is 1. The highest BCUT2D eigenvalue weighted by atomic mass is 35.5. The first-order chi connectivity index (χ1) is 13.1. The van der Waals surface area contributed by atoms with E-state index < -0.39 is 0 Å². The molecule has 138 valence electrons. The average Bonchev–Trinajstić information content (AvgIpc) is 3.07. The molecule has 3 rings (SSSR count). The van der Waals surface area contributed by atoms with Crippen LogP contribution in [0.2, 0.25) is 5.02 Å². The van der Waals surface area contributed by atoms with Crippen LogP contribution in [-0.2, 0) is 11.3 Å². The molecule has 1 unspecified atom stereocenters. The van der Waals surface area contributed by atoms with Crippen LogP contribution in [0.1, 0.15) is 6.92 Å². The summed E-state index contributed by atoms with van der Waals surface area (Å²) in [5.74, 6) is 1.02. The molecule has 0 aliphatic carbocycles. The second-order valence-electron chi connectivity index (χ2n) is 5.68. The summed E-state index contributed by atoms with van der Waals surface area (Å²) in [5, 5.41) is 12.1. The van der Waals surface area contributed by atoms with Crippen molar-refractivity contribution in [2.45, 2.75) is 23.9 Å². The van der Waals surface area contributed by atoms with E-state index in [1.165, 1.54) is 18.0 Å². The Morgan fingerprint density at radius 2 is 2.07 bits per heavy atom. The van der Waals surface area contributed by atoms with Gasteiger partial charge in [-0.1, -0.05) is 59.8 Å². The fourth-order valence-corrected chi connectivity index (χ4v) is 3.33. The third-order valence-electron chi connectivity index (χ3n) is 3.69. The number of carbonyl (C=O) groups is 1. The van der Waals surface area contributed by atoms with Gasteiger partial charge in [0.1, 0.15) is 5.82 Å². The van der Waals surface area contributed by atoms with Crippen LogP contribution in [-0.4, -0.2) is 30.9 Å². The molecule has 0 bridgehead atoms. The van der Waals surface area contributed by atoms with Gasteiger partial charge >= 0.3 is 0 Å². The van der Waals surface area contributed by atoms with Gasteiger partial charge in [0.15, 0.2) is 11.0 Å². The van der Waals surface area contributed by atoms with Gasteiger partial charge in [-0.2, -0.15) is 0 Å². The number of aromatic nitrogens is 4. The maximum absolute atomic E-state index is 12.5. The van der Waals surface area contributed by atoms with Crippen molar-refractivity contribution in [2.24, 2.45) is 0 Å². The normalized spacial score (nSPS) is 11.8. The molecular formula is C19H18ClN5OS. The van der Waals surface area contributed by atoms with E-state index >= 15 is 0 Å². The van der Waals surface area contributed by atoms with E-state index in [0.29, 0.717) is 22.5 Å². The standard InChI is InChI=1S/C19H18ClN5OS/c1-3-11-25-17(14-7-5-4-6-8-14)23-24-19(25)27-13(2)18(26)22-16-10-9-15(20)12-21-16/h3-10,12-13H,1,11H2,2H3,(H,21,22,26). The van der Waals surface area contributed by atoms with Crippen LogP contribution in [0.5, 0.6) is 0 Å². The molecule has 27 heavy (non-hydrogen) atoms. The van der Waals surface area contributed by atoms with E-state index in [9.17, 15) is 4.79 Å². The van der Waals surface area contributed by atoms with Gasteiger partial charge in [0, 0.05) is 18.3 Å². The number of anilines is 1. The lowest BCUT2D eigenvalue weighted by atomic mass is 10.2. The Bertz CT molecular complexity index is 927. The van der Waals surface area contributed by atoms with Crippen molar-refractivity contribution in [3.8, 4) is 11.4 Å². The molecule has 1 amide bonds. The number of pyridine rings is 1. The number of allylic oxidation sites excluding steroid dienone is 1. The minimum absolute atomic E-state index is 0.177. The minimum atomic E-state index is -0.390. The quantitative estimate of drug-likeness (QED) is 0.473. The van der Waals surface area contributed by atoms with E-state index in [2.05, 4.69) is 27.1 Å². The third kappa shape index (κ3) is 4.75. The van der Waals surface area contributed by atoms with Gasteiger partial charge in [-0.05, 0) is 19.1 Å². The third-order valence-corrected chi connectivity index (χ3v) is 4.99. The number of nitrogens with zero attached hydrogens (tertiary/aromatic N) is 4. The summed E-state index contributed by atoms with van der Waals surface area (Å²) in [7, 11) is 0. The minimum Gasteiger partial charge on any atom is -0.310 e. The van der Waals surface area contributed by atoms with Crippen LogP contribution in [0.15, 0.2) is 66.5 Å². The largest absolute Gasteiger partial charge is 0.310 e. The van der Waals surface area contributed by atoms with Crippen molar-refractivity contribution in [2.75, 3.05) is 5.32 Å². The van der Waals surface area contributed by atoms with E-state index in [1.54, 1.807) is 18.2 Å². The highest BCUT2D eigenvalue weighted by molar-refractivity contribution is 8.00. The van der Waals surface area contributed by atoms with Crippen LogP contribution in [0.25, 0.3) is 11.4 Å². The van der Waals surface area contributed by atoms with Crippen molar-refractivity contribution in [3.63, 3.8) is 0 Å². The van der Waals surface area contributed by atoms with Crippen LogP contribution < -0.4 is 5.32 Å². The Kier molecular flexibility index (Phi) is 6.26. The van der Waals surface area contributed by atoms with Crippen molar-refractivity contribution in [3.05, 3.63) is 66.3 Å². The number of hydrogen-bond acceptors (Lipinski definition) is 5. The zero-order valence-corrected chi connectivity index (χ0v) is 16.2. The second-order valence-corrected chi connectivity index (χ2v) is 7.43. The molecule has 1 atom stereocenters. The number of hydrogen-bond donors (Lipinski definition) is 1. The van der Waals surface area contributed by atoms with Crippen LogP contribution >= 0.6 is 23.4 Å². The van der Waals surface area contributed by atoms with Crippen molar-refractivity contribution < 1.29 is 4.79 Å². The van der Waals surface area contributed by atoms with E-state index in [0.717, 1.165) is 11.4 Å². The Balaban J connectivity index is 1.76. The summed E-state index contributed by atoms with van der Waals surface area (Å²) in [4.78, 5) is 16.5. The number of amides is 1. The summed E-state index contributed by atoms with van der Waals surface area (Å²) in [6.07, 6.45) is 3.27. The Morgan fingerprint density at radius 1 is 1.30 bits per heavy atom. The zero-order chi connectivity index (χ0) is 19.2. The lowest BCUT2D eigenvalue weighted by Crippen LogP contribution is -2.23. The van der Waals surface area contributed by atoms with E-state index in [-0.39, 0.29) is 11.2 Å². The molecule has 8 heteroatoms. The zero-order valence-electron chi connectivity index (χ0n) is 14.7. The summed E-state index contributed by atoms with van der Waals surface area (Å²) in [6.45, 7) is 6.16. The fraction of sp³-hybridized carbons (Fsp3) is 0.158. The van der Waals surface area contributed by atoms with Crippen LogP contribution in [0.4, 0.5) is 5.82 Å². The van der Waals surface area contributed by atoms with Gasteiger partial charge in [0.25, 0.3) is 0 Å². The Labute approximate surface area is 166 Å². The molecule has 2 aromatic heterocycles. The molecule has 0 aliphatic heterocycles. The molecule has 2 heterocycles. The number of thioether (sulfide) groups is 1. The first-order valence-corrected chi connectivity index (χ1v) is 9.53. The molecule has 0 fully saturated rings. The molecule has 3 aromatic rings. The maximum Gasteiger partial charge on any atom is 0.238 e. The molecule has 0 saturated carbocycles. The molecule has 6 nitrogen and oxygen atoms in total. The molecule has 1 N–H and O–H groups in total. The number of rotatable bonds is 7. The number of benzene rings is 1. The molecule has 0 radical (unpaired) electrons. The lowest BCUT2D eigenvalue weighted by Gasteiger charge is -2.12. The predicted molar refractivity (Wildman–Crippen MR) is 109 cm³/mol. The smallest absolute Gasteiger partial charge is 0.238 e. The highest BCUT2D eigenvalue weighted by Crippen LogP contribution is 2.27. The first-order valence-electron chi connectivity index (χ1n) is 8.27. The SMILES string of the molecule is C=CCn1c(SC(C)C(=O)Nc2ccc(Cl)cn2)nnc1-c1ccccc1. The summed E-state index contributed by atoms with van der Waals surface area (Å²) >= 11 is 7.14. The molecule has 0 saturated heterocycles. The highest BCUT2D eigenvalue weighted by Gasteiger charge is 2.20. The maximum atomic E-state index is 12.5. The lowest BCUT2D eigenvalue weighted by molar-refractivity contribution is -0.115. The monoisotopic (exact) mass is 399 g/mol. The van der Waals surface area contributed by atoms with Gasteiger partial charge in [0.05, 0.1) is 10.3 Å². The molecule has 0 aliphatic rings. The summed E-state index contributed by atoms with van der Waals surface area (Å²) in [5.41, 5.74) is 0.959. The first kappa shape index (κ1) is 19.1. The van der Waals surface area contributed by atoms with E-state index in [1.807, 2.05) is 41.8 Å². The number of carbonyl (C=O) groups excluding carboxylic acids is 1. The van der Waals surface area contributed by atoms with Crippen molar-refractivity contribution >= 4 is 35.1 Å². The van der Waals surface area contributed by atoms with Gasteiger partial charge in [-0.15, -0.1) is 16.8 Å². The van der Waals surface area contributed by atoms with E-state index in [4.69, 9.17) is 11.6 Å². The van der Waals surface area contributed by atoms with Crippen molar-refractivity contribution in [1.29, 1.82) is 0 Å². The fourth-order valence-electron chi connectivity index (χ4n) is 2.36. The number of nitrogens with one attached hydrogen (secondary N) is 1. The molecule has 1 aromatic carbocycles. The Hall–Kier alpha value is -2.64. The molecule has 0 spiro atoms. The van der Waals surface area contributed by atoms with Gasteiger partial charge < -0.3 is 5.32 Å². The van der Waals surface area contributed by atoms with Gasteiger partial charge in [-0.25, -0.2) is 4.98 Å². The Morgan fingerprint density at radius 3 is 2.74 bits per heavy atom. The van der Waals surface area contributed by atoms with Crippen LogP contribution in [0.3, 0.4) is 0 Å². The summed E-state index contributed by atoms with van der Waals surface area (Å²) < 4.78 is 1.94. The average molecular weight is 400 g/mol. The van der Waals surface area contributed by atoms with Crippen molar-refractivity contribution in [1.82, 2.24) is 19.7 Å². The predicted octanol–water partition coefficient (Wildman–Crippen LogP) is 4.30. The molecular weight excluding hydrogens is 382 g/mol. The van der Waals surface area contributed by atoms with Gasteiger partial charge in [0.2, 0.25) is 5.91 Å².